The van der Waals surface area contributed by atoms with Crippen molar-refractivity contribution in [3.05, 3.63) is 44.5 Å². The number of benzene rings is 1. The lowest BCUT2D eigenvalue weighted by atomic mass is 9.99. The first-order valence-corrected chi connectivity index (χ1v) is 9.51. The summed E-state index contributed by atoms with van der Waals surface area (Å²) < 4.78 is 12.4. The molecule has 28 heavy (non-hydrogen) atoms. The summed E-state index contributed by atoms with van der Waals surface area (Å²) in [4.78, 5) is 15.1. The fraction of sp³-hybridized carbons (Fsp3) is 0.421. The van der Waals surface area contributed by atoms with E-state index in [4.69, 9.17) is 21.7 Å². The van der Waals surface area contributed by atoms with Gasteiger partial charge in [-0.3, -0.25) is 14.3 Å². The standard InChI is InChI=1S/C19H24N4O4S/c1-4-5-8-23-18(25)16(17(24)20-19(23)28)13-10-12(21-22-13)11-6-7-14(26-2)15(9-11)27-3/h6-7,9,12,21,25H,4-5,8,10H2,1-3H3,(H,20,24,28). The van der Waals surface area contributed by atoms with Crippen molar-refractivity contribution in [2.75, 3.05) is 14.2 Å². The number of hydrogen-bond donors (Lipinski definition) is 3. The molecule has 0 saturated heterocycles. The van der Waals surface area contributed by atoms with Crippen LogP contribution in [-0.2, 0) is 6.54 Å². The van der Waals surface area contributed by atoms with E-state index in [9.17, 15) is 9.90 Å². The highest BCUT2D eigenvalue weighted by molar-refractivity contribution is 7.71. The number of unbranched alkanes of at least 4 members (excludes halogenated alkanes) is 1. The average Bonchev–Trinajstić information content (AvgIpc) is 3.16. The Bertz CT molecular complexity index is 1010. The van der Waals surface area contributed by atoms with Crippen LogP contribution in [0, 0.1) is 4.77 Å². The van der Waals surface area contributed by atoms with Crippen molar-refractivity contribution in [3.63, 3.8) is 0 Å². The number of aromatic nitrogens is 2. The van der Waals surface area contributed by atoms with Crippen LogP contribution >= 0.6 is 12.2 Å². The molecule has 0 radical (unpaired) electrons. The van der Waals surface area contributed by atoms with Crippen molar-refractivity contribution < 1.29 is 14.6 Å². The number of rotatable bonds is 7. The van der Waals surface area contributed by atoms with Crippen molar-refractivity contribution in [1.29, 1.82) is 0 Å². The molecule has 1 aromatic carbocycles. The highest BCUT2D eigenvalue weighted by Gasteiger charge is 2.27. The Balaban J connectivity index is 1.90. The Kier molecular flexibility index (Phi) is 6.03. The van der Waals surface area contributed by atoms with Crippen LogP contribution in [0.25, 0.3) is 0 Å². The minimum Gasteiger partial charge on any atom is -0.494 e. The van der Waals surface area contributed by atoms with E-state index in [1.165, 1.54) is 0 Å². The maximum Gasteiger partial charge on any atom is 0.264 e. The normalized spacial score (nSPS) is 15.8. The molecule has 0 saturated carbocycles. The topological polar surface area (TPSA) is 101 Å². The Labute approximate surface area is 167 Å². The molecular weight excluding hydrogens is 380 g/mol. The number of H-pyrrole nitrogens is 1. The van der Waals surface area contributed by atoms with Gasteiger partial charge in [-0.1, -0.05) is 19.4 Å². The van der Waals surface area contributed by atoms with Crippen LogP contribution in [0.1, 0.15) is 43.4 Å². The molecule has 1 atom stereocenters. The molecule has 1 aliphatic heterocycles. The number of ether oxygens (including phenoxy) is 2. The Morgan fingerprint density at radius 3 is 2.75 bits per heavy atom. The van der Waals surface area contributed by atoms with Crippen LogP contribution in [0.15, 0.2) is 28.1 Å². The molecule has 2 aromatic rings. The molecule has 1 aliphatic rings. The monoisotopic (exact) mass is 404 g/mol. The zero-order chi connectivity index (χ0) is 20.3. The number of methoxy groups -OCH3 is 2. The van der Waals surface area contributed by atoms with Gasteiger partial charge in [-0.2, -0.15) is 5.10 Å². The van der Waals surface area contributed by atoms with Crippen LogP contribution in [0.2, 0.25) is 0 Å². The summed E-state index contributed by atoms with van der Waals surface area (Å²) in [5.41, 5.74) is 4.17. The molecule has 8 nitrogen and oxygen atoms in total. The van der Waals surface area contributed by atoms with Crippen molar-refractivity contribution in [3.8, 4) is 17.4 Å². The molecule has 1 aromatic heterocycles. The van der Waals surface area contributed by atoms with Gasteiger partial charge in [0.1, 0.15) is 5.56 Å². The zero-order valence-electron chi connectivity index (χ0n) is 16.1. The summed E-state index contributed by atoms with van der Waals surface area (Å²) in [6, 6.07) is 5.45. The lowest BCUT2D eigenvalue weighted by Crippen LogP contribution is -2.22. The quantitative estimate of drug-likeness (QED) is 0.614. The predicted octanol–water partition coefficient (Wildman–Crippen LogP) is 2.87. The van der Waals surface area contributed by atoms with Crippen LogP contribution in [0.4, 0.5) is 0 Å². The summed E-state index contributed by atoms with van der Waals surface area (Å²) in [5.74, 6) is 1.11. The molecule has 0 spiro atoms. The molecule has 0 amide bonds. The molecule has 9 heteroatoms. The van der Waals surface area contributed by atoms with Gasteiger partial charge in [-0.05, 0) is 36.3 Å². The van der Waals surface area contributed by atoms with E-state index in [0.29, 0.717) is 30.2 Å². The van der Waals surface area contributed by atoms with Crippen molar-refractivity contribution in [2.24, 2.45) is 5.10 Å². The summed E-state index contributed by atoms with van der Waals surface area (Å²) in [5, 5.41) is 15.0. The van der Waals surface area contributed by atoms with E-state index in [2.05, 4.69) is 15.5 Å². The van der Waals surface area contributed by atoms with Gasteiger partial charge in [0.05, 0.1) is 26.0 Å². The first kappa shape index (κ1) is 19.9. The summed E-state index contributed by atoms with van der Waals surface area (Å²) in [6.45, 7) is 2.58. The first-order chi connectivity index (χ1) is 13.5. The van der Waals surface area contributed by atoms with Crippen molar-refractivity contribution in [1.82, 2.24) is 15.0 Å². The summed E-state index contributed by atoms with van der Waals surface area (Å²) in [7, 11) is 3.16. The van der Waals surface area contributed by atoms with Crippen molar-refractivity contribution in [2.45, 2.75) is 38.8 Å². The zero-order valence-corrected chi connectivity index (χ0v) is 16.9. The van der Waals surface area contributed by atoms with Crippen molar-refractivity contribution >= 4 is 17.9 Å². The first-order valence-electron chi connectivity index (χ1n) is 9.10. The van der Waals surface area contributed by atoms with Crippen LogP contribution in [-0.4, -0.2) is 34.6 Å². The number of nitrogens with zero attached hydrogens (tertiary/aromatic N) is 2. The van der Waals surface area contributed by atoms with Gasteiger partial charge in [0.25, 0.3) is 5.56 Å². The fourth-order valence-electron chi connectivity index (χ4n) is 3.20. The molecule has 3 rings (SSSR count). The number of hydrazone groups is 1. The highest BCUT2D eigenvalue weighted by Crippen LogP contribution is 2.33. The minimum absolute atomic E-state index is 0.143. The molecule has 0 aliphatic carbocycles. The van der Waals surface area contributed by atoms with E-state index in [-0.39, 0.29) is 22.3 Å². The lowest BCUT2D eigenvalue weighted by molar-refractivity contribution is 0.354. The van der Waals surface area contributed by atoms with Gasteiger partial charge in [0.15, 0.2) is 16.3 Å². The van der Waals surface area contributed by atoms with Crippen LogP contribution in [0.3, 0.4) is 0 Å². The maximum atomic E-state index is 12.5. The second-order valence-electron chi connectivity index (χ2n) is 6.52. The van der Waals surface area contributed by atoms with E-state index in [0.717, 1.165) is 18.4 Å². The third-order valence-corrected chi connectivity index (χ3v) is 5.08. The Morgan fingerprint density at radius 2 is 2.07 bits per heavy atom. The van der Waals surface area contributed by atoms with E-state index < -0.39 is 5.56 Å². The van der Waals surface area contributed by atoms with Gasteiger partial charge in [-0.15, -0.1) is 0 Å². The molecule has 2 heterocycles. The summed E-state index contributed by atoms with van der Waals surface area (Å²) in [6.07, 6.45) is 2.22. The summed E-state index contributed by atoms with van der Waals surface area (Å²) >= 11 is 5.19. The van der Waals surface area contributed by atoms with E-state index in [1.54, 1.807) is 18.8 Å². The Morgan fingerprint density at radius 1 is 1.32 bits per heavy atom. The number of nitrogens with one attached hydrogen (secondary N) is 2. The second-order valence-corrected chi connectivity index (χ2v) is 6.91. The van der Waals surface area contributed by atoms with Gasteiger partial charge in [0, 0.05) is 13.0 Å². The Hall–Kier alpha value is -2.81. The predicted molar refractivity (Wildman–Crippen MR) is 109 cm³/mol. The maximum absolute atomic E-state index is 12.5. The van der Waals surface area contributed by atoms with E-state index in [1.807, 2.05) is 25.1 Å². The molecule has 0 fully saturated rings. The lowest BCUT2D eigenvalue weighted by Gasteiger charge is -2.14. The molecule has 1 unspecified atom stereocenters. The minimum atomic E-state index is -0.441. The van der Waals surface area contributed by atoms with Crippen LogP contribution < -0.4 is 20.5 Å². The van der Waals surface area contributed by atoms with E-state index >= 15 is 0 Å². The number of aromatic hydroxyl groups is 1. The second kappa shape index (κ2) is 8.47. The van der Waals surface area contributed by atoms with Crippen LogP contribution in [0.5, 0.6) is 17.4 Å². The number of hydrogen-bond acceptors (Lipinski definition) is 7. The molecule has 150 valence electrons. The fourth-order valence-corrected chi connectivity index (χ4v) is 3.47. The van der Waals surface area contributed by atoms with Gasteiger partial charge >= 0.3 is 0 Å². The SMILES string of the molecule is CCCCn1c(O)c(C2=NNC(c3ccc(OC)c(OC)c3)C2)c(=O)[nH]c1=S. The third-order valence-electron chi connectivity index (χ3n) is 4.76. The number of aromatic amines is 1. The highest BCUT2D eigenvalue weighted by atomic mass is 32.1. The molecule has 3 N–H and O–H groups in total. The average molecular weight is 404 g/mol. The van der Waals surface area contributed by atoms with Gasteiger partial charge in [-0.25, -0.2) is 0 Å². The largest absolute Gasteiger partial charge is 0.494 e. The smallest absolute Gasteiger partial charge is 0.264 e. The van der Waals surface area contributed by atoms with Gasteiger partial charge in [0.2, 0.25) is 5.88 Å². The molecule has 0 bridgehead atoms. The van der Waals surface area contributed by atoms with Gasteiger partial charge < -0.3 is 20.0 Å². The third kappa shape index (κ3) is 3.75. The molecular formula is C19H24N4O4S.